The predicted octanol–water partition coefficient (Wildman–Crippen LogP) is 1.09. The van der Waals surface area contributed by atoms with Crippen LogP contribution >= 0.6 is 0 Å². The number of unbranched alkanes of at least 4 members (excludes halogenated alkanes) is 1. The highest BCUT2D eigenvalue weighted by molar-refractivity contribution is 5.67. The van der Waals surface area contributed by atoms with E-state index in [-0.39, 0.29) is 12.8 Å². The molecule has 1 rings (SSSR count). The van der Waals surface area contributed by atoms with Crippen LogP contribution in [0.3, 0.4) is 0 Å². The largest absolute Gasteiger partial charge is 0.481 e. The molecule has 0 aromatic carbocycles. The second-order valence-electron chi connectivity index (χ2n) is 5.38. The van der Waals surface area contributed by atoms with Gasteiger partial charge in [0.05, 0.1) is 24.7 Å². The van der Waals surface area contributed by atoms with E-state index in [0.717, 1.165) is 12.8 Å². The quantitative estimate of drug-likeness (QED) is 0.395. The molecule has 0 spiro atoms. The molecule has 0 aromatic heterocycles. The van der Waals surface area contributed by atoms with Crippen molar-refractivity contribution in [3.8, 4) is 0 Å². The Morgan fingerprint density at radius 3 is 2.65 bits per heavy atom. The van der Waals surface area contributed by atoms with Gasteiger partial charge in [0.1, 0.15) is 0 Å². The summed E-state index contributed by atoms with van der Waals surface area (Å²) in [4.78, 5) is 10.8. The molecule has 0 aliphatic heterocycles. The van der Waals surface area contributed by atoms with Crippen molar-refractivity contribution in [3.05, 3.63) is 24.8 Å². The van der Waals surface area contributed by atoms with Gasteiger partial charge in [-0.2, -0.15) is 0 Å². The van der Waals surface area contributed by atoms with Gasteiger partial charge in [-0.15, -0.1) is 6.58 Å². The third kappa shape index (κ3) is 5.07. The first-order valence-corrected chi connectivity index (χ1v) is 7.01. The SMILES string of the molecule is C=CCCC[C@@H](O)C=C[C@@H]1[C@@H](CC(=O)O)[C@@H](O)C[C@H]1O. The highest BCUT2D eigenvalue weighted by Crippen LogP contribution is 2.36. The third-order valence-corrected chi connectivity index (χ3v) is 3.79. The fourth-order valence-electron chi connectivity index (χ4n) is 2.69. The molecule has 1 aliphatic carbocycles. The molecule has 0 amide bonds. The second kappa shape index (κ2) is 8.19. The Balaban J connectivity index is 2.57. The average Bonchev–Trinajstić information content (AvgIpc) is 2.62. The zero-order valence-electron chi connectivity index (χ0n) is 11.6. The molecular weight excluding hydrogens is 260 g/mol. The van der Waals surface area contributed by atoms with Gasteiger partial charge in [-0.25, -0.2) is 0 Å². The van der Waals surface area contributed by atoms with Gasteiger partial charge in [0.15, 0.2) is 0 Å². The molecule has 0 unspecified atom stereocenters. The summed E-state index contributed by atoms with van der Waals surface area (Å²) in [6.07, 6.45) is 5.08. The Kier molecular flexibility index (Phi) is 6.91. The van der Waals surface area contributed by atoms with E-state index in [9.17, 15) is 20.1 Å². The van der Waals surface area contributed by atoms with Crippen LogP contribution in [0.4, 0.5) is 0 Å². The molecule has 0 saturated heterocycles. The number of hydrogen-bond acceptors (Lipinski definition) is 4. The van der Waals surface area contributed by atoms with E-state index in [2.05, 4.69) is 6.58 Å². The predicted molar refractivity (Wildman–Crippen MR) is 75.1 cm³/mol. The van der Waals surface area contributed by atoms with Gasteiger partial charge in [-0.05, 0) is 19.3 Å². The lowest BCUT2D eigenvalue weighted by Crippen LogP contribution is -2.23. The van der Waals surface area contributed by atoms with E-state index in [1.807, 2.05) is 0 Å². The summed E-state index contributed by atoms with van der Waals surface area (Å²) in [5.41, 5.74) is 0. The van der Waals surface area contributed by atoms with Crippen LogP contribution in [0.25, 0.3) is 0 Å². The molecule has 0 aromatic rings. The van der Waals surface area contributed by atoms with Crippen molar-refractivity contribution in [3.63, 3.8) is 0 Å². The van der Waals surface area contributed by atoms with Crippen molar-refractivity contribution in [2.24, 2.45) is 11.8 Å². The summed E-state index contributed by atoms with van der Waals surface area (Å²) in [5, 5.41) is 38.3. The molecule has 1 fully saturated rings. The Bertz CT molecular complexity index is 352. The second-order valence-corrected chi connectivity index (χ2v) is 5.38. The summed E-state index contributed by atoms with van der Waals surface area (Å²) in [6.45, 7) is 3.61. The number of carboxylic acids is 1. The summed E-state index contributed by atoms with van der Waals surface area (Å²) >= 11 is 0. The van der Waals surface area contributed by atoms with E-state index in [4.69, 9.17) is 5.11 Å². The smallest absolute Gasteiger partial charge is 0.303 e. The molecule has 5 heteroatoms. The van der Waals surface area contributed by atoms with Crippen LogP contribution in [0.1, 0.15) is 32.1 Å². The topological polar surface area (TPSA) is 98.0 Å². The van der Waals surface area contributed by atoms with Crippen LogP contribution in [-0.2, 0) is 4.79 Å². The first-order valence-electron chi connectivity index (χ1n) is 7.01. The fourth-order valence-corrected chi connectivity index (χ4v) is 2.69. The van der Waals surface area contributed by atoms with Gasteiger partial charge in [0, 0.05) is 18.3 Å². The van der Waals surface area contributed by atoms with Crippen LogP contribution in [0.2, 0.25) is 0 Å². The Hall–Kier alpha value is -1.17. The van der Waals surface area contributed by atoms with Crippen LogP contribution < -0.4 is 0 Å². The average molecular weight is 284 g/mol. The standard InChI is InChI=1S/C15H24O5/c1-2-3-4-5-10(16)6-7-11-12(8-15(19)20)14(18)9-13(11)17/h2,6-7,10-14,16-18H,1,3-5,8-9H2,(H,19,20)/t10-,11-,12-,13-,14+/m1/s1. The van der Waals surface area contributed by atoms with E-state index in [1.54, 1.807) is 18.2 Å². The summed E-state index contributed by atoms with van der Waals surface area (Å²) in [6, 6.07) is 0. The molecule has 0 bridgehead atoms. The molecule has 5 nitrogen and oxygen atoms in total. The van der Waals surface area contributed by atoms with Gasteiger partial charge in [0.25, 0.3) is 0 Å². The fraction of sp³-hybridized carbons (Fsp3) is 0.667. The highest BCUT2D eigenvalue weighted by Gasteiger charge is 2.41. The molecule has 4 N–H and O–H groups in total. The zero-order chi connectivity index (χ0) is 15.1. The number of rotatable bonds is 8. The Morgan fingerprint density at radius 1 is 1.35 bits per heavy atom. The highest BCUT2D eigenvalue weighted by atomic mass is 16.4. The number of allylic oxidation sites excluding steroid dienone is 1. The van der Waals surface area contributed by atoms with Gasteiger partial charge >= 0.3 is 5.97 Å². The molecule has 1 aliphatic rings. The van der Waals surface area contributed by atoms with E-state index >= 15 is 0 Å². The molecule has 5 atom stereocenters. The van der Waals surface area contributed by atoms with Gasteiger partial charge < -0.3 is 20.4 Å². The first-order chi connectivity index (χ1) is 9.45. The minimum Gasteiger partial charge on any atom is -0.481 e. The van der Waals surface area contributed by atoms with Gasteiger partial charge in [-0.3, -0.25) is 4.79 Å². The van der Waals surface area contributed by atoms with E-state index in [1.165, 1.54) is 0 Å². The number of carboxylic acid groups (broad SMARTS) is 1. The van der Waals surface area contributed by atoms with E-state index < -0.39 is 36.1 Å². The molecule has 0 heterocycles. The summed E-state index contributed by atoms with van der Waals surface area (Å²) < 4.78 is 0. The van der Waals surface area contributed by atoms with Crippen molar-refractivity contribution in [1.82, 2.24) is 0 Å². The van der Waals surface area contributed by atoms with Crippen molar-refractivity contribution in [1.29, 1.82) is 0 Å². The molecular formula is C15H24O5. The molecule has 1 saturated carbocycles. The Labute approximate surface area is 119 Å². The number of aliphatic hydroxyl groups is 3. The van der Waals surface area contributed by atoms with Crippen LogP contribution in [-0.4, -0.2) is 44.7 Å². The number of aliphatic carboxylic acids is 1. The van der Waals surface area contributed by atoms with Crippen molar-refractivity contribution in [2.45, 2.75) is 50.4 Å². The summed E-state index contributed by atoms with van der Waals surface area (Å²) in [5.74, 6) is -1.91. The maximum Gasteiger partial charge on any atom is 0.303 e. The van der Waals surface area contributed by atoms with Gasteiger partial charge in [-0.1, -0.05) is 18.2 Å². The minimum absolute atomic E-state index is 0.180. The van der Waals surface area contributed by atoms with Crippen molar-refractivity contribution in [2.75, 3.05) is 0 Å². The zero-order valence-corrected chi connectivity index (χ0v) is 11.6. The number of aliphatic hydroxyl groups excluding tert-OH is 3. The van der Waals surface area contributed by atoms with Crippen LogP contribution in [0.15, 0.2) is 24.8 Å². The monoisotopic (exact) mass is 284 g/mol. The minimum atomic E-state index is -0.993. The third-order valence-electron chi connectivity index (χ3n) is 3.79. The first kappa shape index (κ1) is 16.9. The maximum atomic E-state index is 10.8. The van der Waals surface area contributed by atoms with E-state index in [0.29, 0.717) is 6.42 Å². The molecule has 20 heavy (non-hydrogen) atoms. The normalized spacial score (nSPS) is 31.6. The molecule has 0 radical (unpaired) electrons. The molecule has 114 valence electrons. The van der Waals surface area contributed by atoms with Crippen molar-refractivity contribution >= 4 is 5.97 Å². The number of hydrogen-bond donors (Lipinski definition) is 4. The number of carbonyl (C=O) groups is 1. The Morgan fingerprint density at radius 2 is 2.05 bits per heavy atom. The maximum absolute atomic E-state index is 10.8. The summed E-state index contributed by atoms with van der Waals surface area (Å²) in [7, 11) is 0. The van der Waals surface area contributed by atoms with Crippen molar-refractivity contribution < 1.29 is 25.2 Å². The van der Waals surface area contributed by atoms with Crippen LogP contribution in [0, 0.1) is 11.8 Å². The van der Waals surface area contributed by atoms with Crippen LogP contribution in [0.5, 0.6) is 0 Å². The lowest BCUT2D eigenvalue weighted by atomic mass is 9.90. The lowest BCUT2D eigenvalue weighted by Gasteiger charge is -2.19. The lowest BCUT2D eigenvalue weighted by molar-refractivity contribution is -0.139. The van der Waals surface area contributed by atoms with Gasteiger partial charge in [0.2, 0.25) is 0 Å².